The van der Waals surface area contributed by atoms with Crippen molar-refractivity contribution in [3.05, 3.63) is 65.0 Å². The molecule has 0 aliphatic rings. The molecule has 2 N–H and O–H groups in total. The quantitative estimate of drug-likeness (QED) is 0.913. The fourth-order valence-electron chi connectivity index (χ4n) is 1.83. The zero-order valence-electron chi connectivity index (χ0n) is 10.7. The normalized spacial score (nSPS) is 10.6. The minimum absolute atomic E-state index is 0.234. The minimum Gasteiger partial charge on any atom is -0.483 e. The molecule has 0 aliphatic carbocycles. The summed E-state index contributed by atoms with van der Waals surface area (Å²) in [6.45, 7) is 0.0606. The van der Waals surface area contributed by atoms with Crippen molar-refractivity contribution in [3.63, 3.8) is 0 Å². The largest absolute Gasteiger partial charge is 0.483 e. The molecular formula is C15H14F3NO. The molecule has 0 saturated heterocycles. The number of nitrogens with two attached hydrogens (primary N) is 1. The van der Waals surface area contributed by atoms with Gasteiger partial charge in [0.2, 0.25) is 0 Å². The van der Waals surface area contributed by atoms with Crippen molar-refractivity contribution in [1.29, 1.82) is 0 Å². The van der Waals surface area contributed by atoms with Crippen LogP contribution >= 0.6 is 0 Å². The van der Waals surface area contributed by atoms with E-state index in [-0.39, 0.29) is 12.2 Å². The van der Waals surface area contributed by atoms with Gasteiger partial charge in [-0.15, -0.1) is 0 Å². The number of rotatable bonds is 5. The molecule has 0 atom stereocenters. The van der Waals surface area contributed by atoms with Crippen LogP contribution in [0.3, 0.4) is 0 Å². The smallest absolute Gasteiger partial charge is 0.191 e. The van der Waals surface area contributed by atoms with Crippen LogP contribution in [0.2, 0.25) is 0 Å². The molecule has 0 heterocycles. The predicted octanol–water partition coefficient (Wildman–Crippen LogP) is 3.18. The van der Waals surface area contributed by atoms with Crippen molar-refractivity contribution in [2.24, 2.45) is 5.73 Å². The van der Waals surface area contributed by atoms with Gasteiger partial charge in [-0.25, -0.2) is 13.2 Å². The molecular weight excluding hydrogens is 267 g/mol. The summed E-state index contributed by atoms with van der Waals surface area (Å²) in [5.41, 5.74) is 6.02. The molecule has 0 aliphatic heterocycles. The van der Waals surface area contributed by atoms with E-state index in [9.17, 15) is 13.2 Å². The van der Waals surface area contributed by atoms with Crippen LogP contribution < -0.4 is 10.5 Å². The van der Waals surface area contributed by atoms with Gasteiger partial charge in [-0.2, -0.15) is 0 Å². The van der Waals surface area contributed by atoms with Crippen molar-refractivity contribution in [1.82, 2.24) is 0 Å². The Hall–Kier alpha value is -2.01. The predicted molar refractivity (Wildman–Crippen MR) is 69.8 cm³/mol. The molecule has 2 aromatic carbocycles. The van der Waals surface area contributed by atoms with Crippen LogP contribution in [0.15, 0.2) is 36.4 Å². The van der Waals surface area contributed by atoms with Crippen molar-refractivity contribution in [3.8, 4) is 5.75 Å². The van der Waals surface area contributed by atoms with Gasteiger partial charge in [-0.3, -0.25) is 0 Å². The van der Waals surface area contributed by atoms with Crippen LogP contribution in [-0.4, -0.2) is 6.54 Å². The Morgan fingerprint density at radius 1 is 0.950 bits per heavy atom. The molecule has 20 heavy (non-hydrogen) atoms. The average Bonchev–Trinajstić information content (AvgIpc) is 2.40. The summed E-state index contributed by atoms with van der Waals surface area (Å²) in [5.74, 6) is -2.61. The number of halogens is 3. The van der Waals surface area contributed by atoms with E-state index < -0.39 is 23.2 Å². The Bertz CT molecular complexity index is 578. The Labute approximate surface area is 115 Å². The number of ether oxygens (including phenoxy) is 1. The maximum atomic E-state index is 13.7. The third-order valence-corrected chi connectivity index (χ3v) is 2.82. The van der Waals surface area contributed by atoms with Crippen LogP contribution in [0, 0.1) is 17.5 Å². The Morgan fingerprint density at radius 2 is 1.60 bits per heavy atom. The second-order valence-corrected chi connectivity index (χ2v) is 4.31. The van der Waals surface area contributed by atoms with Crippen LogP contribution in [-0.2, 0) is 13.0 Å². The van der Waals surface area contributed by atoms with Crippen LogP contribution in [0.1, 0.15) is 11.1 Å². The van der Waals surface area contributed by atoms with Crippen LogP contribution in [0.25, 0.3) is 0 Å². The first-order chi connectivity index (χ1) is 9.61. The summed E-state index contributed by atoms with van der Waals surface area (Å²) in [6, 6.07) is 8.25. The van der Waals surface area contributed by atoms with E-state index in [4.69, 9.17) is 10.5 Å². The fraction of sp³-hybridized carbons (Fsp3) is 0.200. The fourth-order valence-corrected chi connectivity index (χ4v) is 1.83. The molecule has 0 amide bonds. The SMILES string of the molecule is NCCc1cc(F)c(OCc2ccccc2F)c(F)c1. The lowest BCUT2D eigenvalue weighted by Gasteiger charge is -2.10. The lowest BCUT2D eigenvalue weighted by Crippen LogP contribution is -2.06. The Balaban J connectivity index is 2.16. The van der Waals surface area contributed by atoms with Gasteiger partial charge in [0.15, 0.2) is 17.4 Å². The molecule has 0 unspecified atom stereocenters. The summed E-state index contributed by atoms with van der Waals surface area (Å²) in [5, 5.41) is 0. The first-order valence-corrected chi connectivity index (χ1v) is 6.16. The second-order valence-electron chi connectivity index (χ2n) is 4.31. The molecule has 2 nitrogen and oxygen atoms in total. The van der Waals surface area contributed by atoms with Crippen molar-refractivity contribution in [2.75, 3.05) is 6.54 Å². The molecule has 5 heteroatoms. The highest BCUT2D eigenvalue weighted by molar-refractivity contribution is 5.32. The van der Waals surface area contributed by atoms with Gasteiger partial charge in [0.25, 0.3) is 0 Å². The van der Waals surface area contributed by atoms with E-state index in [1.165, 1.54) is 30.3 Å². The van der Waals surface area contributed by atoms with Gasteiger partial charge in [0.1, 0.15) is 12.4 Å². The van der Waals surface area contributed by atoms with Crippen LogP contribution in [0.4, 0.5) is 13.2 Å². The highest BCUT2D eigenvalue weighted by atomic mass is 19.1. The summed E-state index contributed by atoms with van der Waals surface area (Å²) < 4.78 is 45.9. The van der Waals surface area contributed by atoms with Crippen LogP contribution in [0.5, 0.6) is 5.75 Å². The summed E-state index contributed by atoms with van der Waals surface area (Å²) in [6.07, 6.45) is 0.376. The van der Waals surface area contributed by atoms with Crippen molar-refractivity contribution < 1.29 is 17.9 Å². The molecule has 0 aromatic heterocycles. The number of hydrogen-bond acceptors (Lipinski definition) is 2. The first-order valence-electron chi connectivity index (χ1n) is 6.16. The van der Waals surface area contributed by atoms with Gasteiger partial charge >= 0.3 is 0 Å². The topological polar surface area (TPSA) is 35.2 Å². The summed E-state index contributed by atoms with van der Waals surface area (Å²) >= 11 is 0. The third-order valence-electron chi connectivity index (χ3n) is 2.82. The maximum Gasteiger partial charge on any atom is 0.191 e. The summed E-state index contributed by atoms with van der Waals surface area (Å²) in [7, 11) is 0. The van der Waals surface area contributed by atoms with E-state index in [1.54, 1.807) is 6.07 Å². The van der Waals surface area contributed by atoms with E-state index in [0.717, 1.165) is 0 Å². The monoisotopic (exact) mass is 281 g/mol. The standard InChI is InChI=1S/C15H14F3NO/c16-12-4-2-1-3-11(12)9-20-15-13(17)7-10(5-6-19)8-14(15)18/h1-4,7-8H,5-6,9,19H2. The number of hydrogen-bond donors (Lipinski definition) is 1. The van der Waals surface area contributed by atoms with E-state index in [2.05, 4.69) is 0 Å². The number of benzene rings is 2. The third kappa shape index (κ3) is 3.30. The maximum absolute atomic E-state index is 13.7. The molecule has 2 aromatic rings. The Kier molecular flexibility index (Phi) is 4.63. The lowest BCUT2D eigenvalue weighted by molar-refractivity contribution is 0.269. The molecule has 0 spiro atoms. The average molecular weight is 281 g/mol. The van der Waals surface area contributed by atoms with E-state index in [0.29, 0.717) is 18.5 Å². The van der Waals surface area contributed by atoms with Gasteiger partial charge in [0.05, 0.1) is 0 Å². The van der Waals surface area contributed by atoms with E-state index >= 15 is 0 Å². The zero-order valence-corrected chi connectivity index (χ0v) is 10.7. The molecule has 0 fully saturated rings. The molecule has 0 saturated carbocycles. The Morgan fingerprint density at radius 3 is 2.20 bits per heavy atom. The highest BCUT2D eigenvalue weighted by Crippen LogP contribution is 2.24. The highest BCUT2D eigenvalue weighted by Gasteiger charge is 2.13. The molecule has 106 valence electrons. The lowest BCUT2D eigenvalue weighted by atomic mass is 10.1. The van der Waals surface area contributed by atoms with Gasteiger partial charge < -0.3 is 10.5 Å². The van der Waals surface area contributed by atoms with Gasteiger partial charge in [-0.05, 0) is 36.7 Å². The van der Waals surface area contributed by atoms with E-state index in [1.807, 2.05) is 0 Å². The van der Waals surface area contributed by atoms with Crippen molar-refractivity contribution >= 4 is 0 Å². The summed E-state index contributed by atoms with van der Waals surface area (Å²) in [4.78, 5) is 0. The first kappa shape index (κ1) is 14.4. The molecule has 0 radical (unpaired) electrons. The van der Waals surface area contributed by atoms with Gasteiger partial charge in [0, 0.05) is 5.56 Å². The van der Waals surface area contributed by atoms with Crippen molar-refractivity contribution in [2.45, 2.75) is 13.0 Å². The van der Waals surface area contributed by atoms with Gasteiger partial charge in [-0.1, -0.05) is 18.2 Å². The molecule has 2 rings (SSSR count). The molecule has 0 bridgehead atoms. The minimum atomic E-state index is -0.815. The second kappa shape index (κ2) is 6.43. The zero-order chi connectivity index (χ0) is 14.5.